The van der Waals surface area contributed by atoms with Gasteiger partial charge in [-0.05, 0) is 30.9 Å². The molecule has 5 heteroatoms. The van der Waals surface area contributed by atoms with Crippen molar-refractivity contribution in [2.75, 3.05) is 13.1 Å². The second kappa shape index (κ2) is 4.40. The minimum absolute atomic E-state index is 0.121. The number of nitrogens with zero attached hydrogens (tertiary/aromatic N) is 1. The van der Waals surface area contributed by atoms with Crippen molar-refractivity contribution in [1.82, 2.24) is 10.2 Å². The summed E-state index contributed by atoms with van der Waals surface area (Å²) < 4.78 is 39.4. The zero-order valence-electron chi connectivity index (χ0n) is 10.8. The fourth-order valence-corrected chi connectivity index (χ4v) is 3.20. The smallest absolute Gasteiger partial charge is 0.347 e. The number of hydrogen-bond acceptors (Lipinski definition) is 2. The average molecular weight is 270 g/mol. The number of rotatable bonds is 0. The Morgan fingerprint density at radius 3 is 2.89 bits per heavy atom. The van der Waals surface area contributed by atoms with Crippen LogP contribution in [0.15, 0.2) is 35.2 Å². The molecule has 19 heavy (non-hydrogen) atoms. The largest absolute Gasteiger partial charge is 0.398 e. The van der Waals surface area contributed by atoms with Crippen LogP contribution in [0.4, 0.5) is 13.2 Å². The first kappa shape index (κ1) is 12.8. The Bertz CT molecular complexity index is 474. The molecule has 1 aliphatic carbocycles. The first-order chi connectivity index (χ1) is 8.98. The summed E-state index contributed by atoms with van der Waals surface area (Å²) in [6, 6.07) is 0.121. The summed E-state index contributed by atoms with van der Waals surface area (Å²) in [4.78, 5) is 1.97. The standard InChI is InChI=1S/C14H17F3N2/c1-9-10-3-2-4-11-12(14(15,16)17)5-7-19(13(10)11)8-6-18-9/h3,5,7,9,12,18H,2,4,6,8H2,1H3. The third kappa shape index (κ3) is 2.10. The molecule has 2 nitrogen and oxygen atoms in total. The molecule has 0 aromatic rings. The number of alkyl halides is 3. The van der Waals surface area contributed by atoms with Crippen LogP contribution in [-0.2, 0) is 0 Å². The first-order valence-corrected chi connectivity index (χ1v) is 6.67. The van der Waals surface area contributed by atoms with Gasteiger partial charge >= 0.3 is 6.18 Å². The Morgan fingerprint density at radius 2 is 2.16 bits per heavy atom. The van der Waals surface area contributed by atoms with E-state index in [4.69, 9.17) is 0 Å². The van der Waals surface area contributed by atoms with Crippen LogP contribution in [0.5, 0.6) is 0 Å². The summed E-state index contributed by atoms with van der Waals surface area (Å²) in [5, 5.41) is 3.35. The summed E-state index contributed by atoms with van der Waals surface area (Å²) in [5.41, 5.74) is 2.38. The van der Waals surface area contributed by atoms with E-state index in [0.29, 0.717) is 18.4 Å². The maximum absolute atomic E-state index is 13.1. The van der Waals surface area contributed by atoms with E-state index in [9.17, 15) is 13.2 Å². The SMILES string of the molecule is CC1NCCN2C=CC(C(F)(F)F)C3=C2C1=CCC3. The second-order valence-electron chi connectivity index (χ2n) is 5.30. The Hall–Kier alpha value is -1.23. The lowest BCUT2D eigenvalue weighted by Crippen LogP contribution is -2.34. The molecular weight excluding hydrogens is 253 g/mol. The van der Waals surface area contributed by atoms with Crippen LogP contribution in [0.3, 0.4) is 0 Å². The number of halogens is 3. The summed E-state index contributed by atoms with van der Waals surface area (Å²) in [6.45, 7) is 3.53. The van der Waals surface area contributed by atoms with Crippen molar-refractivity contribution in [2.45, 2.75) is 32.0 Å². The summed E-state index contributed by atoms with van der Waals surface area (Å²) in [7, 11) is 0. The van der Waals surface area contributed by atoms with Crippen LogP contribution < -0.4 is 5.32 Å². The van der Waals surface area contributed by atoms with E-state index in [0.717, 1.165) is 24.4 Å². The topological polar surface area (TPSA) is 15.3 Å². The lowest BCUT2D eigenvalue weighted by Gasteiger charge is -2.36. The van der Waals surface area contributed by atoms with Gasteiger partial charge in [0.25, 0.3) is 0 Å². The van der Waals surface area contributed by atoms with Gasteiger partial charge in [0.05, 0.1) is 5.92 Å². The van der Waals surface area contributed by atoms with Crippen LogP contribution in [0.1, 0.15) is 19.8 Å². The van der Waals surface area contributed by atoms with Crippen molar-refractivity contribution in [3.8, 4) is 0 Å². The molecule has 0 saturated carbocycles. The van der Waals surface area contributed by atoms with Gasteiger partial charge in [-0.2, -0.15) is 13.2 Å². The minimum atomic E-state index is -4.18. The molecule has 0 aromatic carbocycles. The van der Waals surface area contributed by atoms with Gasteiger partial charge in [-0.15, -0.1) is 0 Å². The Labute approximate surface area is 110 Å². The maximum atomic E-state index is 13.1. The van der Waals surface area contributed by atoms with Gasteiger partial charge in [-0.3, -0.25) is 0 Å². The van der Waals surface area contributed by atoms with Crippen molar-refractivity contribution in [3.63, 3.8) is 0 Å². The van der Waals surface area contributed by atoms with Crippen molar-refractivity contribution >= 4 is 0 Å². The number of nitrogens with one attached hydrogen (secondary N) is 1. The van der Waals surface area contributed by atoms with E-state index in [1.807, 2.05) is 11.8 Å². The van der Waals surface area contributed by atoms with Gasteiger partial charge < -0.3 is 10.2 Å². The molecule has 0 radical (unpaired) electrons. The van der Waals surface area contributed by atoms with Gasteiger partial charge in [0.1, 0.15) is 0 Å². The Morgan fingerprint density at radius 1 is 1.37 bits per heavy atom. The fraction of sp³-hybridized carbons (Fsp3) is 0.571. The third-order valence-corrected chi connectivity index (χ3v) is 4.10. The average Bonchev–Trinajstić information content (AvgIpc) is 2.51. The molecule has 2 atom stereocenters. The quantitative estimate of drug-likeness (QED) is 0.728. The molecule has 0 bridgehead atoms. The first-order valence-electron chi connectivity index (χ1n) is 6.67. The monoisotopic (exact) mass is 270 g/mol. The molecule has 2 heterocycles. The molecule has 104 valence electrons. The van der Waals surface area contributed by atoms with E-state index in [1.54, 1.807) is 6.20 Å². The van der Waals surface area contributed by atoms with Crippen LogP contribution in [0, 0.1) is 5.92 Å². The molecule has 3 rings (SSSR count). The number of allylic oxidation sites excluding steroid dienone is 3. The highest BCUT2D eigenvalue weighted by Gasteiger charge is 2.44. The highest BCUT2D eigenvalue weighted by Crippen LogP contribution is 2.44. The molecule has 0 aromatic heterocycles. The van der Waals surface area contributed by atoms with Crippen LogP contribution >= 0.6 is 0 Å². The normalized spacial score (nSPS) is 30.9. The van der Waals surface area contributed by atoms with Crippen LogP contribution in [-0.4, -0.2) is 30.2 Å². The van der Waals surface area contributed by atoms with E-state index in [2.05, 4.69) is 11.4 Å². The van der Waals surface area contributed by atoms with Crippen LogP contribution in [0.25, 0.3) is 0 Å². The summed E-state index contributed by atoms with van der Waals surface area (Å²) in [6.07, 6.45) is 2.02. The lowest BCUT2D eigenvalue weighted by atomic mass is 9.82. The van der Waals surface area contributed by atoms with E-state index < -0.39 is 12.1 Å². The minimum Gasteiger partial charge on any atom is -0.347 e. The van der Waals surface area contributed by atoms with Crippen molar-refractivity contribution in [3.05, 3.63) is 35.2 Å². The summed E-state index contributed by atoms with van der Waals surface area (Å²) >= 11 is 0. The zero-order chi connectivity index (χ0) is 13.6. The van der Waals surface area contributed by atoms with E-state index >= 15 is 0 Å². The van der Waals surface area contributed by atoms with Crippen molar-refractivity contribution in [1.29, 1.82) is 0 Å². The molecule has 2 unspecified atom stereocenters. The molecule has 1 fully saturated rings. The molecule has 0 amide bonds. The second-order valence-corrected chi connectivity index (χ2v) is 5.30. The number of hydrogen-bond donors (Lipinski definition) is 1. The predicted octanol–water partition coefficient (Wildman–Crippen LogP) is 2.96. The highest BCUT2D eigenvalue weighted by atomic mass is 19.4. The van der Waals surface area contributed by atoms with Gasteiger partial charge in [-0.1, -0.05) is 12.2 Å². The van der Waals surface area contributed by atoms with Gasteiger partial charge in [0.15, 0.2) is 0 Å². The van der Waals surface area contributed by atoms with Gasteiger partial charge in [-0.25, -0.2) is 0 Å². The Balaban J connectivity index is 2.09. The van der Waals surface area contributed by atoms with Crippen LogP contribution in [0.2, 0.25) is 0 Å². The molecule has 1 N–H and O–H groups in total. The van der Waals surface area contributed by atoms with Gasteiger partial charge in [0, 0.05) is 31.0 Å². The van der Waals surface area contributed by atoms with E-state index in [1.165, 1.54) is 6.08 Å². The highest BCUT2D eigenvalue weighted by molar-refractivity contribution is 5.46. The van der Waals surface area contributed by atoms with E-state index in [-0.39, 0.29) is 6.04 Å². The zero-order valence-corrected chi connectivity index (χ0v) is 10.8. The molecule has 0 spiro atoms. The molecule has 1 saturated heterocycles. The maximum Gasteiger partial charge on any atom is 0.398 e. The fourth-order valence-electron chi connectivity index (χ4n) is 3.20. The molecule has 3 aliphatic rings. The van der Waals surface area contributed by atoms with Gasteiger partial charge in [0.2, 0.25) is 0 Å². The molecular formula is C14H17F3N2. The lowest BCUT2D eigenvalue weighted by molar-refractivity contribution is -0.153. The summed E-state index contributed by atoms with van der Waals surface area (Å²) in [5.74, 6) is -1.41. The Kier molecular flexibility index (Phi) is 2.96. The molecule has 2 aliphatic heterocycles. The van der Waals surface area contributed by atoms with Crippen molar-refractivity contribution in [2.24, 2.45) is 5.92 Å². The predicted molar refractivity (Wildman–Crippen MR) is 67.2 cm³/mol. The third-order valence-electron chi connectivity index (χ3n) is 4.10. The van der Waals surface area contributed by atoms with Crippen molar-refractivity contribution < 1.29 is 13.2 Å².